The maximum Gasteiger partial charge on any atom is 0.278 e. The second-order valence-electron chi connectivity index (χ2n) is 6.90. The Hall–Kier alpha value is -2.46. The number of rotatable bonds is 6. The van der Waals surface area contributed by atoms with Gasteiger partial charge in [-0.3, -0.25) is 14.6 Å². The van der Waals surface area contributed by atoms with Crippen molar-refractivity contribution in [3.05, 3.63) is 59.7 Å². The van der Waals surface area contributed by atoms with Gasteiger partial charge in [0.2, 0.25) is 0 Å². The number of nitrogens with zero attached hydrogens (tertiary/aromatic N) is 3. The number of amides is 1. The van der Waals surface area contributed by atoms with E-state index in [0.29, 0.717) is 18.3 Å². The molecule has 0 N–H and O–H groups in total. The Morgan fingerprint density at radius 2 is 1.65 bits per heavy atom. The molecule has 0 aliphatic carbocycles. The van der Waals surface area contributed by atoms with Crippen molar-refractivity contribution in [2.75, 3.05) is 24.7 Å². The van der Waals surface area contributed by atoms with E-state index in [1.54, 1.807) is 0 Å². The van der Waals surface area contributed by atoms with Crippen LogP contribution in [0.3, 0.4) is 0 Å². The van der Waals surface area contributed by atoms with Crippen LogP contribution < -0.4 is 4.90 Å². The highest BCUT2D eigenvalue weighted by Gasteiger charge is 2.34. The van der Waals surface area contributed by atoms with Gasteiger partial charge in [0.05, 0.1) is 18.0 Å². The fourth-order valence-corrected chi connectivity index (χ4v) is 3.20. The van der Waals surface area contributed by atoms with Gasteiger partial charge in [-0.15, -0.1) is 0 Å². The molecule has 0 spiro atoms. The quantitative estimate of drug-likeness (QED) is 0.765. The summed E-state index contributed by atoms with van der Waals surface area (Å²) in [5.41, 5.74) is 4.48. The smallest absolute Gasteiger partial charge is 0.278 e. The minimum atomic E-state index is -0.0222. The highest BCUT2D eigenvalue weighted by atomic mass is 16.2. The molecule has 1 heterocycles. The van der Waals surface area contributed by atoms with Crippen LogP contribution >= 0.6 is 0 Å². The van der Waals surface area contributed by atoms with Gasteiger partial charge in [-0.25, -0.2) is 4.99 Å². The second-order valence-corrected chi connectivity index (χ2v) is 6.90. The topological polar surface area (TPSA) is 35.9 Å². The summed E-state index contributed by atoms with van der Waals surface area (Å²) in [5.74, 6) is 0.459. The van der Waals surface area contributed by atoms with Gasteiger partial charge in [0, 0.05) is 5.56 Å². The fourth-order valence-electron chi connectivity index (χ4n) is 3.20. The van der Waals surface area contributed by atoms with E-state index >= 15 is 0 Å². The molecule has 0 saturated heterocycles. The molecule has 0 aromatic heterocycles. The largest absolute Gasteiger partial charge is 0.293 e. The van der Waals surface area contributed by atoms with E-state index in [0.717, 1.165) is 30.0 Å². The molecule has 0 bridgehead atoms. The molecule has 136 valence electrons. The number of carbonyl (C=O) groups is 1. The number of para-hydroxylation sites is 1. The van der Waals surface area contributed by atoms with Crippen LogP contribution in [0.1, 0.15) is 44.7 Å². The molecular weight excluding hydrogens is 322 g/mol. The monoisotopic (exact) mass is 349 g/mol. The molecule has 4 nitrogen and oxygen atoms in total. The number of hydrogen-bond acceptors (Lipinski definition) is 3. The number of benzene rings is 2. The average molecular weight is 349 g/mol. The second kappa shape index (κ2) is 7.83. The first-order chi connectivity index (χ1) is 12.5. The summed E-state index contributed by atoms with van der Waals surface area (Å²) in [6.07, 6.45) is 0. The van der Waals surface area contributed by atoms with Crippen LogP contribution in [0.25, 0.3) is 0 Å². The van der Waals surface area contributed by atoms with Gasteiger partial charge in [0.1, 0.15) is 5.71 Å². The normalized spacial score (nSPS) is 15.4. The van der Waals surface area contributed by atoms with Gasteiger partial charge in [0.15, 0.2) is 0 Å². The lowest BCUT2D eigenvalue weighted by atomic mass is 10.0. The minimum absolute atomic E-state index is 0.0222. The molecule has 26 heavy (non-hydrogen) atoms. The van der Waals surface area contributed by atoms with Gasteiger partial charge >= 0.3 is 0 Å². The van der Waals surface area contributed by atoms with E-state index in [2.05, 4.69) is 44.7 Å². The lowest BCUT2D eigenvalue weighted by Crippen LogP contribution is -2.41. The summed E-state index contributed by atoms with van der Waals surface area (Å²) in [7, 11) is 0. The Balaban J connectivity index is 1.96. The SMILES string of the molecule is CCN(CC)CN1C(=O)C(=Nc2ccc(C(C)C)cc2)c2ccccc21. The molecule has 0 saturated carbocycles. The maximum atomic E-state index is 13.1. The fraction of sp³-hybridized carbons (Fsp3) is 0.364. The summed E-state index contributed by atoms with van der Waals surface area (Å²) in [6, 6.07) is 16.1. The van der Waals surface area contributed by atoms with Gasteiger partial charge in [0.25, 0.3) is 5.91 Å². The molecule has 0 atom stereocenters. The summed E-state index contributed by atoms with van der Waals surface area (Å²) in [6.45, 7) is 11.0. The molecule has 0 radical (unpaired) electrons. The van der Waals surface area contributed by atoms with E-state index in [4.69, 9.17) is 4.99 Å². The Labute approximate surface area is 156 Å². The molecule has 2 aromatic carbocycles. The number of anilines is 1. The highest BCUT2D eigenvalue weighted by Crippen LogP contribution is 2.31. The van der Waals surface area contributed by atoms with Crippen molar-refractivity contribution in [1.29, 1.82) is 0 Å². The minimum Gasteiger partial charge on any atom is -0.293 e. The van der Waals surface area contributed by atoms with Gasteiger partial charge < -0.3 is 0 Å². The molecule has 1 amide bonds. The zero-order valence-electron chi connectivity index (χ0n) is 16.1. The van der Waals surface area contributed by atoms with Crippen LogP contribution in [0.5, 0.6) is 0 Å². The van der Waals surface area contributed by atoms with E-state index in [-0.39, 0.29) is 5.91 Å². The third-order valence-corrected chi connectivity index (χ3v) is 4.93. The molecule has 3 rings (SSSR count). The lowest BCUT2D eigenvalue weighted by molar-refractivity contribution is -0.112. The van der Waals surface area contributed by atoms with Crippen molar-refractivity contribution in [2.45, 2.75) is 33.6 Å². The van der Waals surface area contributed by atoms with Crippen molar-refractivity contribution in [3.63, 3.8) is 0 Å². The Bertz CT molecular complexity index is 804. The van der Waals surface area contributed by atoms with Crippen molar-refractivity contribution in [3.8, 4) is 0 Å². The third kappa shape index (κ3) is 3.56. The Kier molecular flexibility index (Phi) is 5.52. The van der Waals surface area contributed by atoms with Crippen LogP contribution in [0.15, 0.2) is 53.5 Å². The lowest BCUT2D eigenvalue weighted by Gasteiger charge is -2.25. The van der Waals surface area contributed by atoms with Gasteiger partial charge in [-0.1, -0.05) is 58.0 Å². The molecular formula is C22H27N3O. The summed E-state index contributed by atoms with van der Waals surface area (Å²) in [4.78, 5) is 21.8. The predicted octanol–water partition coefficient (Wildman–Crippen LogP) is 4.58. The Morgan fingerprint density at radius 1 is 1.00 bits per heavy atom. The maximum absolute atomic E-state index is 13.1. The highest BCUT2D eigenvalue weighted by molar-refractivity contribution is 6.54. The number of fused-ring (bicyclic) bond motifs is 1. The zero-order valence-corrected chi connectivity index (χ0v) is 16.1. The van der Waals surface area contributed by atoms with Crippen LogP contribution in [0.4, 0.5) is 11.4 Å². The van der Waals surface area contributed by atoms with Crippen LogP contribution in [-0.4, -0.2) is 36.3 Å². The van der Waals surface area contributed by atoms with Crippen molar-refractivity contribution in [2.24, 2.45) is 4.99 Å². The van der Waals surface area contributed by atoms with Crippen LogP contribution in [-0.2, 0) is 4.79 Å². The average Bonchev–Trinajstić information content (AvgIpc) is 2.92. The van der Waals surface area contributed by atoms with E-state index in [1.165, 1.54) is 5.56 Å². The first kappa shape index (κ1) is 18.3. The number of aliphatic imine (C=N–C) groups is 1. The van der Waals surface area contributed by atoms with Crippen molar-refractivity contribution >= 4 is 23.0 Å². The van der Waals surface area contributed by atoms with Crippen molar-refractivity contribution < 1.29 is 4.79 Å². The number of hydrogen-bond donors (Lipinski definition) is 0. The van der Waals surface area contributed by atoms with Crippen LogP contribution in [0, 0.1) is 0 Å². The summed E-state index contributed by atoms with van der Waals surface area (Å²) < 4.78 is 0. The molecule has 1 aliphatic heterocycles. The molecule has 0 fully saturated rings. The van der Waals surface area contributed by atoms with E-state index in [9.17, 15) is 4.79 Å². The van der Waals surface area contributed by atoms with E-state index < -0.39 is 0 Å². The van der Waals surface area contributed by atoms with Gasteiger partial charge in [-0.05, 0) is 42.8 Å². The van der Waals surface area contributed by atoms with Gasteiger partial charge in [-0.2, -0.15) is 0 Å². The predicted molar refractivity (Wildman–Crippen MR) is 108 cm³/mol. The molecule has 2 aromatic rings. The summed E-state index contributed by atoms with van der Waals surface area (Å²) in [5, 5.41) is 0. The molecule has 1 aliphatic rings. The first-order valence-electron chi connectivity index (χ1n) is 9.37. The molecule has 4 heteroatoms. The van der Waals surface area contributed by atoms with E-state index in [1.807, 2.05) is 41.3 Å². The third-order valence-electron chi connectivity index (χ3n) is 4.93. The first-order valence-corrected chi connectivity index (χ1v) is 9.37. The molecule has 0 unspecified atom stereocenters. The Morgan fingerprint density at radius 3 is 2.27 bits per heavy atom. The summed E-state index contributed by atoms with van der Waals surface area (Å²) >= 11 is 0. The zero-order chi connectivity index (χ0) is 18.7. The van der Waals surface area contributed by atoms with Crippen LogP contribution in [0.2, 0.25) is 0 Å². The standard InChI is InChI=1S/C22H27N3O/c1-5-24(6-2)15-25-20-10-8-7-9-19(20)21(22(25)26)23-18-13-11-17(12-14-18)16(3)4/h7-14,16H,5-6,15H2,1-4H3. The van der Waals surface area contributed by atoms with Crippen molar-refractivity contribution in [1.82, 2.24) is 4.90 Å². The number of carbonyl (C=O) groups excluding carboxylic acids is 1.